The van der Waals surface area contributed by atoms with Crippen LogP contribution in [0.4, 0.5) is 10.1 Å². The fourth-order valence-corrected chi connectivity index (χ4v) is 1.82. The number of rotatable bonds is 0. The van der Waals surface area contributed by atoms with Crippen LogP contribution in [0, 0.1) is 5.82 Å². The molecule has 0 radical (unpaired) electrons. The zero-order valence-corrected chi connectivity index (χ0v) is 7.56. The molecule has 0 spiro atoms. The molecule has 0 atom stereocenters. The maximum Gasteiger partial charge on any atom is 0.181 e. The van der Waals surface area contributed by atoms with Crippen LogP contribution in [0.25, 0.3) is 0 Å². The van der Waals surface area contributed by atoms with Crippen molar-refractivity contribution in [1.82, 2.24) is 4.72 Å². The molecule has 1 aliphatic heterocycles. The van der Waals surface area contributed by atoms with Crippen molar-refractivity contribution in [2.45, 2.75) is 4.90 Å². The molecular weight excluding hydrogens is 195 g/mol. The Bertz CT molecular complexity index is 340. The van der Waals surface area contributed by atoms with Crippen molar-refractivity contribution < 1.29 is 4.39 Å². The molecule has 0 fully saturated rings. The number of nitrogens with one attached hydrogen (secondary N) is 2. The third-order valence-corrected chi connectivity index (χ3v) is 2.64. The quantitative estimate of drug-likeness (QED) is 0.495. The van der Waals surface area contributed by atoms with E-state index in [4.69, 9.17) is 12.2 Å². The normalized spacial score (nSPS) is 14.6. The van der Waals surface area contributed by atoms with E-state index < -0.39 is 0 Å². The molecule has 0 aliphatic carbocycles. The topological polar surface area (TPSA) is 24.1 Å². The van der Waals surface area contributed by atoms with Crippen molar-refractivity contribution in [3.8, 4) is 0 Å². The van der Waals surface area contributed by atoms with Gasteiger partial charge in [0.05, 0.1) is 10.6 Å². The van der Waals surface area contributed by atoms with Crippen LogP contribution in [0.5, 0.6) is 0 Å². The van der Waals surface area contributed by atoms with Crippen molar-refractivity contribution in [3.63, 3.8) is 0 Å². The van der Waals surface area contributed by atoms with Crippen molar-refractivity contribution in [2.75, 3.05) is 5.32 Å². The number of anilines is 1. The van der Waals surface area contributed by atoms with E-state index in [1.807, 2.05) is 0 Å². The number of thiocarbonyl (C=S) groups is 1. The molecule has 5 heteroatoms. The van der Waals surface area contributed by atoms with Crippen LogP contribution in [0.1, 0.15) is 0 Å². The predicted molar refractivity (Wildman–Crippen MR) is 51.6 cm³/mol. The maximum absolute atomic E-state index is 12.7. The van der Waals surface area contributed by atoms with Gasteiger partial charge >= 0.3 is 0 Å². The van der Waals surface area contributed by atoms with Crippen LogP contribution < -0.4 is 10.0 Å². The summed E-state index contributed by atoms with van der Waals surface area (Å²) < 4.78 is 15.5. The molecule has 0 saturated carbocycles. The molecule has 62 valence electrons. The van der Waals surface area contributed by atoms with Gasteiger partial charge in [0.1, 0.15) is 5.82 Å². The van der Waals surface area contributed by atoms with Gasteiger partial charge in [-0.25, -0.2) is 4.39 Å². The van der Waals surface area contributed by atoms with E-state index in [1.165, 1.54) is 24.1 Å². The molecule has 2 rings (SSSR count). The SMILES string of the molecule is Fc1ccc2c(c1)SNC(=S)N2. The third kappa shape index (κ3) is 1.37. The summed E-state index contributed by atoms with van der Waals surface area (Å²) in [6, 6.07) is 4.53. The Hall–Kier alpha value is -0.810. The third-order valence-electron chi connectivity index (χ3n) is 1.45. The molecule has 12 heavy (non-hydrogen) atoms. The molecular formula is C7H5FN2S2. The summed E-state index contributed by atoms with van der Waals surface area (Å²) in [6.45, 7) is 0. The molecule has 0 saturated heterocycles. The van der Waals surface area contributed by atoms with Gasteiger partial charge in [-0.2, -0.15) is 0 Å². The first-order valence-electron chi connectivity index (χ1n) is 3.29. The van der Waals surface area contributed by atoms with Crippen molar-refractivity contribution in [1.29, 1.82) is 0 Å². The van der Waals surface area contributed by atoms with E-state index in [2.05, 4.69) is 10.0 Å². The molecule has 0 bridgehead atoms. The lowest BCUT2D eigenvalue weighted by Crippen LogP contribution is -2.26. The van der Waals surface area contributed by atoms with Crippen LogP contribution in [-0.2, 0) is 0 Å². The smallest absolute Gasteiger partial charge is 0.181 e. The standard InChI is InChI=1S/C7H5FN2S2/c8-4-1-2-5-6(3-4)12-10-7(11)9-5/h1-3H,(H2,9,10,11). The highest BCUT2D eigenvalue weighted by Gasteiger charge is 2.11. The molecule has 0 aromatic heterocycles. The van der Waals surface area contributed by atoms with Gasteiger partial charge in [-0.05, 0) is 42.4 Å². The fourth-order valence-electron chi connectivity index (χ4n) is 0.933. The van der Waals surface area contributed by atoms with Gasteiger partial charge in [0.15, 0.2) is 5.11 Å². The monoisotopic (exact) mass is 200 g/mol. The summed E-state index contributed by atoms with van der Waals surface area (Å²) >= 11 is 6.20. The lowest BCUT2D eigenvalue weighted by molar-refractivity contribution is 0.624. The second kappa shape index (κ2) is 2.91. The summed E-state index contributed by atoms with van der Waals surface area (Å²) in [5.41, 5.74) is 0.852. The molecule has 2 N–H and O–H groups in total. The highest BCUT2D eigenvalue weighted by atomic mass is 32.2. The van der Waals surface area contributed by atoms with E-state index in [1.54, 1.807) is 6.07 Å². The summed E-state index contributed by atoms with van der Waals surface area (Å²) in [4.78, 5) is 0.823. The fraction of sp³-hybridized carbons (Fsp3) is 0. The minimum Gasteiger partial charge on any atom is -0.331 e. The van der Waals surface area contributed by atoms with Crippen LogP contribution in [-0.4, -0.2) is 5.11 Å². The minimum absolute atomic E-state index is 0.238. The summed E-state index contributed by atoms with van der Waals surface area (Å²) in [7, 11) is 0. The summed E-state index contributed by atoms with van der Waals surface area (Å²) in [6.07, 6.45) is 0. The Labute approximate surface area is 78.7 Å². The first-order chi connectivity index (χ1) is 5.75. The van der Waals surface area contributed by atoms with Gasteiger partial charge in [-0.15, -0.1) is 0 Å². The van der Waals surface area contributed by atoms with Crippen LogP contribution in [0.15, 0.2) is 23.1 Å². The van der Waals surface area contributed by atoms with Gasteiger partial charge in [0.25, 0.3) is 0 Å². The zero-order chi connectivity index (χ0) is 8.55. The molecule has 0 amide bonds. The first-order valence-corrected chi connectivity index (χ1v) is 4.51. The van der Waals surface area contributed by atoms with E-state index in [9.17, 15) is 4.39 Å². The lowest BCUT2D eigenvalue weighted by atomic mass is 10.3. The summed E-state index contributed by atoms with van der Waals surface area (Å²) in [5, 5.41) is 3.47. The number of benzene rings is 1. The second-order valence-electron chi connectivity index (χ2n) is 2.30. The van der Waals surface area contributed by atoms with E-state index in [-0.39, 0.29) is 5.82 Å². The molecule has 1 heterocycles. The van der Waals surface area contributed by atoms with E-state index in [0.717, 1.165) is 10.6 Å². The highest BCUT2D eigenvalue weighted by molar-refractivity contribution is 7.99. The van der Waals surface area contributed by atoms with Crippen molar-refractivity contribution >= 4 is 35.0 Å². The van der Waals surface area contributed by atoms with Crippen molar-refractivity contribution in [2.24, 2.45) is 0 Å². The van der Waals surface area contributed by atoms with Crippen LogP contribution >= 0.6 is 24.2 Å². The molecule has 1 aromatic carbocycles. The van der Waals surface area contributed by atoms with Crippen LogP contribution in [0.2, 0.25) is 0 Å². The largest absolute Gasteiger partial charge is 0.331 e. The number of hydrogen-bond donors (Lipinski definition) is 2. The second-order valence-corrected chi connectivity index (χ2v) is 3.56. The van der Waals surface area contributed by atoms with Crippen molar-refractivity contribution in [3.05, 3.63) is 24.0 Å². The number of halogens is 1. The average molecular weight is 200 g/mol. The molecule has 0 unspecified atom stereocenters. The number of fused-ring (bicyclic) bond motifs is 1. The van der Waals surface area contributed by atoms with Gasteiger partial charge in [0, 0.05) is 0 Å². The minimum atomic E-state index is -0.238. The van der Waals surface area contributed by atoms with Crippen LogP contribution in [0.3, 0.4) is 0 Å². The van der Waals surface area contributed by atoms with Gasteiger partial charge < -0.3 is 10.0 Å². The van der Waals surface area contributed by atoms with Gasteiger partial charge in [0.2, 0.25) is 0 Å². The average Bonchev–Trinajstić information content (AvgIpc) is 2.05. The maximum atomic E-state index is 12.7. The Morgan fingerprint density at radius 1 is 1.42 bits per heavy atom. The lowest BCUT2D eigenvalue weighted by Gasteiger charge is -2.18. The summed E-state index contributed by atoms with van der Waals surface area (Å²) in [5.74, 6) is -0.238. The van der Waals surface area contributed by atoms with E-state index >= 15 is 0 Å². The van der Waals surface area contributed by atoms with Gasteiger partial charge in [-0.1, -0.05) is 0 Å². The Balaban J connectivity index is 2.43. The highest BCUT2D eigenvalue weighted by Crippen LogP contribution is 2.28. The first kappa shape index (κ1) is 7.82. The Morgan fingerprint density at radius 3 is 3.08 bits per heavy atom. The predicted octanol–water partition coefficient (Wildman–Crippen LogP) is 2.13. The van der Waals surface area contributed by atoms with E-state index in [0.29, 0.717) is 5.11 Å². The molecule has 1 aromatic rings. The molecule has 2 nitrogen and oxygen atoms in total. The Kier molecular flexibility index (Phi) is 1.90. The Morgan fingerprint density at radius 2 is 2.25 bits per heavy atom. The number of hydrogen-bond acceptors (Lipinski definition) is 2. The van der Waals surface area contributed by atoms with Gasteiger partial charge in [-0.3, -0.25) is 0 Å². The zero-order valence-electron chi connectivity index (χ0n) is 5.93. The molecule has 1 aliphatic rings.